The molecule has 6 heteroatoms. The predicted octanol–water partition coefficient (Wildman–Crippen LogP) is 3.21. The first kappa shape index (κ1) is 18.5. The van der Waals surface area contributed by atoms with Crippen LogP contribution in [-0.4, -0.2) is 41.5 Å². The number of carboxylic acids is 1. The van der Waals surface area contributed by atoms with Gasteiger partial charge in [-0.2, -0.15) is 0 Å². The SMILES string of the molecule is CC(C(=O)O)N(C)CCC(=O)Nc1ccc(Oc2ccccc2)cc1. The third kappa shape index (κ3) is 5.93. The molecule has 1 unspecified atom stereocenters. The maximum Gasteiger partial charge on any atom is 0.320 e. The first-order chi connectivity index (χ1) is 12.0. The van der Waals surface area contributed by atoms with Crippen molar-refractivity contribution in [3.63, 3.8) is 0 Å². The zero-order valence-corrected chi connectivity index (χ0v) is 14.3. The lowest BCUT2D eigenvalue weighted by atomic mass is 10.2. The van der Waals surface area contributed by atoms with Gasteiger partial charge in [0.25, 0.3) is 0 Å². The molecule has 0 fully saturated rings. The average molecular weight is 342 g/mol. The second-order valence-corrected chi connectivity index (χ2v) is 5.73. The molecule has 2 N–H and O–H groups in total. The van der Waals surface area contributed by atoms with Gasteiger partial charge in [-0.15, -0.1) is 0 Å². The Morgan fingerprint density at radius 1 is 1.08 bits per heavy atom. The number of nitrogens with one attached hydrogen (secondary N) is 1. The van der Waals surface area contributed by atoms with Crippen molar-refractivity contribution in [2.24, 2.45) is 0 Å². The van der Waals surface area contributed by atoms with Gasteiger partial charge in [-0.1, -0.05) is 18.2 Å². The van der Waals surface area contributed by atoms with Gasteiger partial charge in [0.1, 0.15) is 17.5 Å². The van der Waals surface area contributed by atoms with Crippen LogP contribution >= 0.6 is 0 Å². The number of para-hydroxylation sites is 1. The number of benzene rings is 2. The lowest BCUT2D eigenvalue weighted by Gasteiger charge is -2.20. The van der Waals surface area contributed by atoms with Crippen molar-refractivity contribution in [2.45, 2.75) is 19.4 Å². The Morgan fingerprint density at radius 3 is 2.28 bits per heavy atom. The van der Waals surface area contributed by atoms with E-state index in [0.717, 1.165) is 5.75 Å². The van der Waals surface area contributed by atoms with E-state index in [-0.39, 0.29) is 12.3 Å². The molecule has 1 atom stereocenters. The largest absolute Gasteiger partial charge is 0.480 e. The highest BCUT2D eigenvalue weighted by atomic mass is 16.5. The Morgan fingerprint density at radius 2 is 1.68 bits per heavy atom. The van der Waals surface area contributed by atoms with Crippen LogP contribution in [0.5, 0.6) is 11.5 Å². The summed E-state index contributed by atoms with van der Waals surface area (Å²) in [5.74, 6) is 0.354. The number of aliphatic carboxylic acids is 1. The second-order valence-electron chi connectivity index (χ2n) is 5.73. The van der Waals surface area contributed by atoms with E-state index < -0.39 is 12.0 Å². The quantitative estimate of drug-likeness (QED) is 0.770. The zero-order valence-electron chi connectivity index (χ0n) is 14.3. The molecule has 2 aromatic rings. The van der Waals surface area contributed by atoms with Crippen LogP contribution in [0.25, 0.3) is 0 Å². The summed E-state index contributed by atoms with van der Waals surface area (Å²) in [5, 5.41) is 11.7. The first-order valence-corrected chi connectivity index (χ1v) is 8.01. The lowest BCUT2D eigenvalue weighted by Crippen LogP contribution is -2.37. The topological polar surface area (TPSA) is 78.9 Å². The summed E-state index contributed by atoms with van der Waals surface area (Å²) in [4.78, 5) is 24.5. The Balaban J connectivity index is 1.82. The zero-order chi connectivity index (χ0) is 18.2. The molecule has 0 aromatic heterocycles. The number of rotatable bonds is 8. The number of hydrogen-bond donors (Lipinski definition) is 2. The smallest absolute Gasteiger partial charge is 0.320 e. The average Bonchev–Trinajstić information content (AvgIpc) is 2.61. The Kier molecular flexibility index (Phi) is 6.54. The summed E-state index contributed by atoms with van der Waals surface area (Å²) in [6, 6.07) is 15.9. The molecular weight excluding hydrogens is 320 g/mol. The van der Waals surface area contributed by atoms with E-state index >= 15 is 0 Å². The normalized spacial score (nSPS) is 11.8. The molecule has 1 amide bonds. The minimum atomic E-state index is -0.906. The third-order valence-electron chi connectivity index (χ3n) is 3.83. The number of carbonyl (C=O) groups excluding carboxylic acids is 1. The number of carboxylic acid groups (broad SMARTS) is 1. The Bertz CT molecular complexity index is 701. The van der Waals surface area contributed by atoms with E-state index in [1.54, 1.807) is 43.1 Å². The summed E-state index contributed by atoms with van der Waals surface area (Å²) >= 11 is 0. The molecule has 2 aromatic carbocycles. The van der Waals surface area contributed by atoms with Gasteiger partial charge in [-0.3, -0.25) is 14.5 Å². The van der Waals surface area contributed by atoms with E-state index in [1.165, 1.54) is 0 Å². The van der Waals surface area contributed by atoms with Crippen molar-refractivity contribution in [1.82, 2.24) is 4.90 Å². The first-order valence-electron chi connectivity index (χ1n) is 8.01. The van der Waals surface area contributed by atoms with Crippen LogP contribution in [0.3, 0.4) is 0 Å². The molecule has 0 spiro atoms. The Labute approximate surface area is 147 Å². The van der Waals surface area contributed by atoms with Crippen molar-refractivity contribution in [3.05, 3.63) is 54.6 Å². The fourth-order valence-electron chi connectivity index (χ4n) is 2.11. The predicted molar refractivity (Wildman–Crippen MR) is 95.9 cm³/mol. The van der Waals surface area contributed by atoms with Crippen molar-refractivity contribution < 1.29 is 19.4 Å². The highest BCUT2D eigenvalue weighted by Gasteiger charge is 2.17. The molecule has 6 nitrogen and oxygen atoms in total. The van der Waals surface area contributed by atoms with Gasteiger partial charge < -0.3 is 15.2 Å². The summed E-state index contributed by atoms with van der Waals surface area (Å²) in [6.07, 6.45) is 0.219. The van der Waals surface area contributed by atoms with Crippen LogP contribution in [0.2, 0.25) is 0 Å². The van der Waals surface area contributed by atoms with Crippen molar-refractivity contribution in [1.29, 1.82) is 0 Å². The van der Waals surface area contributed by atoms with Gasteiger partial charge in [-0.25, -0.2) is 0 Å². The fraction of sp³-hybridized carbons (Fsp3) is 0.263. The molecule has 0 saturated heterocycles. The van der Waals surface area contributed by atoms with Gasteiger partial charge in [0, 0.05) is 18.7 Å². The van der Waals surface area contributed by atoms with Crippen LogP contribution in [0.15, 0.2) is 54.6 Å². The molecular formula is C19H22N2O4. The number of anilines is 1. The highest BCUT2D eigenvalue weighted by molar-refractivity contribution is 5.90. The molecule has 0 radical (unpaired) electrons. The van der Waals surface area contributed by atoms with E-state index in [9.17, 15) is 9.59 Å². The van der Waals surface area contributed by atoms with Crippen LogP contribution in [0.4, 0.5) is 5.69 Å². The highest BCUT2D eigenvalue weighted by Crippen LogP contribution is 2.22. The monoisotopic (exact) mass is 342 g/mol. The molecule has 0 aliphatic heterocycles. The van der Waals surface area contributed by atoms with Gasteiger partial charge in [0.2, 0.25) is 5.91 Å². The van der Waals surface area contributed by atoms with Crippen LogP contribution in [0, 0.1) is 0 Å². The van der Waals surface area contributed by atoms with Crippen molar-refractivity contribution >= 4 is 17.6 Å². The molecule has 0 saturated carbocycles. The van der Waals surface area contributed by atoms with Crippen molar-refractivity contribution in [3.8, 4) is 11.5 Å². The van der Waals surface area contributed by atoms with Gasteiger partial charge in [0.05, 0.1) is 0 Å². The van der Waals surface area contributed by atoms with E-state index in [0.29, 0.717) is 18.0 Å². The van der Waals surface area contributed by atoms with Crippen LogP contribution in [0.1, 0.15) is 13.3 Å². The fourth-order valence-corrected chi connectivity index (χ4v) is 2.11. The minimum Gasteiger partial charge on any atom is -0.480 e. The van der Waals surface area contributed by atoms with Gasteiger partial charge >= 0.3 is 5.97 Å². The molecule has 2 rings (SSSR count). The van der Waals surface area contributed by atoms with Crippen LogP contribution in [-0.2, 0) is 9.59 Å². The molecule has 25 heavy (non-hydrogen) atoms. The molecule has 0 heterocycles. The molecule has 0 bridgehead atoms. The van der Waals surface area contributed by atoms with Crippen molar-refractivity contribution in [2.75, 3.05) is 18.9 Å². The van der Waals surface area contributed by atoms with Gasteiger partial charge in [0.15, 0.2) is 0 Å². The van der Waals surface area contributed by atoms with Gasteiger partial charge in [-0.05, 0) is 50.4 Å². The molecule has 0 aliphatic carbocycles. The van der Waals surface area contributed by atoms with Crippen LogP contribution < -0.4 is 10.1 Å². The maximum atomic E-state index is 12.0. The number of likely N-dealkylation sites (N-methyl/N-ethyl adjacent to an activating group) is 1. The Hall–Kier alpha value is -2.86. The van der Waals surface area contributed by atoms with E-state index in [2.05, 4.69) is 5.32 Å². The minimum absolute atomic E-state index is 0.166. The number of amides is 1. The van der Waals surface area contributed by atoms with E-state index in [4.69, 9.17) is 9.84 Å². The van der Waals surface area contributed by atoms with E-state index in [1.807, 2.05) is 30.3 Å². The summed E-state index contributed by atoms with van der Waals surface area (Å²) in [6.45, 7) is 1.96. The summed E-state index contributed by atoms with van der Waals surface area (Å²) in [5.41, 5.74) is 0.666. The summed E-state index contributed by atoms with van der Waals surface area (Å²) in [7, 11) is 1.68. The number of hydrogen-bond acceptors (Lipinski definition) is 4. The standard InChI is InChI=1S/C19H22N2O4/c1-14(19(23)24)21(2)13-12-18(22)20-15-8-10-17(11-9-15)25-16-6-4-3-5-7-16/h3-11,14H,12-13H2,1-2H3,(H,20,22)(H,23,24). The summed E-state index contributed by atoms with van der Waals surface area (Å²) < 4.78 is 5.69. The maximum absolute atomic E-state index is 12.0. The molecule has 0 aliphatic rings. The molecule has 132 valence electrons. The third-order valence-corrected chi connectivity index (χ3v) is 3.83. The number of ether oxygens (including phenoxy) is 1. The number of nitrogens with zero attached hydrogens (tertiary/aromatic N) is 1. The lowest BCUT2D eigenvalue weighted by molar-refractivity contribution is -0.142. The second kappa shape index (κ2) is 8.84. The number of carbonyl (C=O) groups is 2.